The van der Waals surface area contributed by atoms with Crippen LogP contribution in [0.1, 0.15) is 90.9 Å². The predicted molar refractivity (Wildman–Crippen MR) is 160 cm³/mol. The van der Waals surface area contributed by atoms with Gasteiger partial charge in [0.25, 0.3) is 0 Å². The van der Waals surface area contributed by atoms with E-state index >= 15 is 0 Å². The van der Waals surface area contributed by atoms with Gasteiger partial charge in [-0.15, -0.1) is 11.3 Å². The summed E-state index contributed by atoms with van der Waals surface area (Å²) in [4.78, 5) is 7.07. The molecule has 0 aliphatic carbocycles. The fourth-order valence-electron chi connectivity index (χ4n) is 3.85. The fourth-order valence-corrected chi connectivity index (χ4v) is 7.22. The van der Waals surface area contributed by atoms with Crippen LogP contribution in [0.5, 0.6) is 0 Å². The number of thioether (sulfide) groups is 2. The lowest BCUT2D eigenvalue weighted by molar-refractivity contribution is 0.225. The van der Waals surface area contributed by atoms with Gasteiger partial charge in [-0.1, -0.05) is 126 Å². The largest absolute Gasteiger partial charge is 0.391 e. The van der Waals surface area contributed by atoms with Crippen molar-refractivity contribution in [1.82, 2.24) is 9.88 Å². The van der Waals surface area contributed by atoms with Crippen LogP contribution in [-0.4, -0.2) is 50.0 Å². The molecule has 2 rings (SSSR count). The molecule has 3 nitrogen and oxygen atoms in total. The molecule has 1 heterocycles. The Balaban J connectivity index is 1.71. The van der Waals surface area contributed by atoms with Crippen LogP contribution in [0.3, 0.4) is 0 Å². The summed E-state index contributed by atoms with van der Waals surface area (Å²) >= 11 is 10.8. The summed E-state index contributed by atoms with van der Waals surface area (Å²) in [6.45, 7) is 6.65. The molecule has 1 N–H and O–H groups in total. The van der Waals surface area contributed by atoms with E-state index in [2.05, 4.69) is 29.8 Å². The number of thiazole rings is 1. The summed E-state index contributed by atoms with van der Waals surface area (Å²) in [6.07, 6.45) is 15.3. The first kappa shape index (κ1) is 29.9. The van der Waals surface area contributed by atoms with Crippen LogP contribution in [0.25, 0.3) is 10.2 Å². The molecule has 0 fully saturated rings. The topological polar surface area (TPSA) is 36.4 Å². The van der Waals surface area contributed by atoms with Crippen LogP contribution in [-0.2, 0) is 0 Å². The smallest absolute Gasteiger partial charge is 0.151 e. The van der Waals surface area contributed by atoms with Gasteiger partial charge in [-0.25, -0.2) is 4.98 Å². The third kappa shape index (κ3) is 12.6. The number of aliphatic hydroxyl groups excluding tert-OH is 1. The highest BCUT2D eigenvalue weighted by atomic mass is 32.2. The molecule has 0 aliphatic rings. The van der Waals surface area contributed by atoms with Gasteiger partial charge >= 0.3 is 0 Å². The van der Waals surface area contributed by atoms with Crippen LogP contribution in [0.15, 0.2) is 28.6 Å². The lowest BCUT2D eigenvalue weighted by Crippen LogP contribution is -2.31. The van der Waals surface area contributed by atoms with Crippen LogP contribution >= 0.6 is 47.1 Å². The van der Waals surface area contributed by atoms with E-state index in [9.17, 15) is 5.11 Å². The number of thiocarbonyl (C=S) groups is 1. The van der Waals surface area contributed by atoms with E-state index < -0.39 is 0 Å². The van der Waals surface area contributed by atoms with Gasteiger partial charge in [0.1, 0.15) is 4.32 Å². The lowest BCUT2D eigenvalue weighted by atomic mass is 10.1. The van der Waals surface area contributed by atoms with Crippen molar-refractivity contribution >= 4 is 61.6 Å². The zero-order chi connectivity index (χ0) is 24.4. The maximum Gasteiger partial charge on any atom is 0.151 e. The van der Waals surface area contributed by atoms with Crippen molar-refractivity contribution in [2.24, 2.45) is 0 Å². The van der Waals surface area contributed by atoms with E-state index in [4.69, 9.17) is 12.2 Å². The lowest BCUT2D eigenvalue weighted by Gasteiger charge is -2.25. The van der Waals surface area contributed by atoms with E-state index in [0.29, 0.717) is 11.5 Å². The molecule has 2 aromatic rings. The number of unbranched alkanes of at least 4 members (excludes halogenated alkanes) is 10. The minimum atomic E-state index is -0.384. The Bertz CT molecular complexity index is 749. The summed E-state index contributed by atoms with van der Waals surface area (Å²) in [6, 6.07) is 8.21. The Hall–Kier alpha value is -0.340. The highest BCUT2D eigenvalue weighted by molar-refractivity contribution is 8.22. The second-order valence-corrected chi connectivity index (χ2v) is 13.0. The zero-order valence-corrected chi connectivity index (χ0v) is 24.4. The number of nitrogens with zero attached hydrogens (tertiary/aromatic N) is 2. The molecule has 1 atom stereocenters. The Labute approximate surface area is 225 Å². The first-order valence-corrected chi connectivity index (χ1v) is 16.4. The summed E-state index contributed by atoms with van der Waals surface area (Å²) in [5.41, 5.74) is 1.04. The van der Waals surface area contributed by atoms with Crippen molar-refractivity contribution in [1.29, 1.82) is 0 Å². The Morgan fingerprint density at radius 3 is 2.12 bits per heavy atom. The number of fused-ring (bicyclic) bond motifs is 1. The van der Waals surface area contributed by atoms with Crippen LogP contribution in [0.4, 0.5) is 0 Å². The van der Waals surface area contributed by atoms with Gasteiger partial charge < -0.3 is 10.0 Å². The first-order valence-electron chi connectivity index (χ1n) is 13.2. The molecule has 0 saturated heterocycles. The van der Waals surface area contributed by atoms with Crippen molar-refractivity contribution in [2.45, 2.75) is 101 Å². The second kappa shape index (κ2) is 18.9. The predicted octanol–water partition coefficient (Wildman–Crippen LogP) is 8.79. The van der Waals surface area contributed by atoms with Crippen LogP contribution in [0.2, 0.25) is 0 Å². The van der Waals surface area contributed by atoms with Crippen molar-refractivity contribution in [2.75, 3.05) is 24.6 Å². The summed E-state index contributed by atoms with van der Waals surface area (Å²) in [7, 11) is 0. The average Bonchev–Trinajstić information content (AvgIpc) is 3.27. The molecule has 0 aliphatic heterocycles. The van der Waals surface area contributed by atoms with E-state index in [0.717, 1.165) is 27.3 Å². The number of para-hydroxylation sites is 1. The van der Waals surface area contributed by atoms with Crippen molar-refractivity contribution < 1.29 is 5.11 Å². The molecule has 192 valence electrons. The van der Waals surface area contributed by atoms with Gasteiger partial charge in [-0.2, -0.15) is 0 Å². The standard InChI is InChI=1S/C27H44N2OS4/c1-3-5-7-9-11-15-19-29(20-16-12-10-8-6-4-2)27(31)33-22-23(30)21-32-26-28-24-17-13-14-18-25(24)34-26/h13-14,17-18,23,30H,3-12,15-16,19-22H2,1-2H3. The molecule has 34 heavy (non-hydrogen) atoms. The van der Waals surface area contributed by atoms with Gasteiger partial charge in [0.15, 0.2) is 4.34 Å². The molecule has 0 amide bonds. The highest BCUT2D eigenvalue weighted by Crippen LogP contribution is 2.30. The van der Waals surface area contributed by atoms with E-state index in [1.165, 1.54) is 81.7 Å². The molecular weight excluding hydrogens is 497 g/mol. The number of aliphatic hydroxyl groups is 1. The molecule has 7 heteroatoms. The van der Waals surface area contributed by atoms with E-state index in [1.807, 2.05) is 18.2 Å². The third-order valence-corrected chi connectivity index (χ3v) is 9.89. The van der Waals surface area contributed by atoms with E-state index in [1.54, 1.807) is 34.9 Å². The number of aromatic nitrogens is 1. The first-order chi connectivity index (χ1) is 16.6. The summed E-state index contributed by atoms with van der Waals surface area (Å²) in [5.74, 6) is 1.31. The molecule has 1 unspecified atom stereocenters. The number of benzene rings is 1. The molecule has 1 aromatic heterocycles. The van der Waals surface area contributed by atoms with Crippen molar-refractivity contribution in [3.8, 4) is 0 Å². The normalized spacial score (nSPS) is 12.3. The van der Waals surface area contributed by atoms with Crippen molar-refractivity contribution in [3.63, 3.8) is 0 Å². The maximum absolute atomic E-state index is 10.6. The third-order valence-electron chi connectivity index (χ3n) is 5.89. The number of hydrogen-bond acceptors (Lipinski definition) is 6. The maximum atomic E-state index is 10.6. The van der Waals surface area contributed by atoms with E-state index in [-0.39, 0.29) is 6.10 Å². The van der Waals surface area contributed by atoms with Crippen molar-refractivity contribution in [3.05, 3.63) is 24.3 Å². The highest BCUT2D eigenvalue weighted by Gasteiger charge is 2.14. The minimum absolute atomic E-state index is 0.384. The van der Waals surface area contributed by atoms with Gasteiger partial charge in [-0.05, 0) is 25.0 Å². The minimum Gasteiger partial charge on any atom is -0.391 e. The molecule has 0 spiro atoms. The molecule has 0 radical (unpaired) electrons. The Kier molecular flexibility index (Phi) is 16.6. The SMILES string of the molecule is CCCCCCCCN(CCCCCCCC)C(=S)SCC(O)CSc1nc2ccccc2s1. The van der Waals surface area contributed by atoms with Gasteiger partial charge in [0.2, 0.25) is 0 Å². The number of hydrogen-bond donors (Lipinski definition) is 1. The molecule has 1 aromatic carbocycles. The molecule has 0 saturated carbocycles. The Morgan fingerprint density at radius 2 is 1.50 bits per heavy atom. The van der Waals surface area contributed by atoms with Gasteiger partial charge in [-0.3, -0.25) is 0 Å². The monoisotopic (exact) mass is 540 g/mol. The molecule has 0 bridgehead atoms. The quantitative estimate of drug-likeness (QED) is 0.109. The second-order valence-electron chi connectivity index (χ2n) is 9.01. The summed E-state index contributed by atoms with van der Waals surface area (Å²) < 4.78 is 3.20. The fraction of sp³-hybridized carbons (Fsp3) is 0.704. The van der Waals surface area contributed by atoms with Crippen LogP contribution in [0, 0.1) is 0 Å². The van der Waals surface area contributed by atoms with Gasteiger partial charge in [0.05, 0.1) is 16.3 Å². The summed E-state index contributed by atoms with van der Waals surface area (Å²) in [5, 5.41) is 10.6. The molecular formula is C27H44N2OS4. The Morgan fingerprint density at radius 1 is 0.912 bits per heavy atom. The zero-order valence-electron chi connectivity index (χ0n) is 21.2. The number of rotatable bonds is 19. The van der Waals surface area contributed by atoms with Gasteiger partial charge in [0, 0.05) is 24.6 Å². The van der Waals surface area contributed by atoms with Crippen LogP contribution < -0.4 is 0 Å². The average molecular weight is 541 g/mol.